The topological polar surface area (TPSA) is 44.8 Å². The molecule has 0 aliphatic carbocycles. The lowest BCUT2D eigenvalue weighted by Gasteiger charge is -2.32. The van der Waals surface area contributed by atoms with Crippen molar-refractivity contribution in [2.75, 3.05) is 45.2 Å². The molecule has 5 nitrogen and oxygen atoms in total. The van der Waals surface area contributed by atoms with Crippen LogP contribution in [0.3, 0.4) is 0 Å². The van der Waals surface area contributed by atoms with E-state index in [1.165, 1.54) is 5.56 Å². The molecule has 1 heterocycles. The number of amides is 1. The van der Waals surface area contributed by atoms with Crippen LogP contribution >= 0.6 is 0 Å². The van der Waals surface area contributed by atoms with E-state index in [0.717, 1.165) is 44.2 Å². The van der Waals surface area contributed by atoms with E-state index >= 15 is 0 Å². The number of hydrogen-bond acceptors (Lipinski definition) is 4. The van der Waals surface area contributed by atoms with Gasteiger partial charge in [-0.15, -0.1) is 0 Å². The number of nitrogens with one attached hydrogen (secondary N) is 1. The highest BCUT2D eigenvalue weighted by atomic mass is 16.5. The molecule has 3 rings (SSSR count). The lowest BCUT2D eigenvalue weighted by atomic mass is 10.1. The van der Waals surface area contributed by atoms with Crippen LogP contribution in [0.15, 0.2) is 54.6 Å². The highest BCUT2D eigenvalue weighted by molar-refractivity contribution is 5.90. The molecular weight excluding hydrogens is 338 g/mol. The molecule has 0 radical (unpaired) electrons. The lowest BCUT2D eigenvalue weighted by Crippen LogP contribution is -2.43. The standard InChI is InChI=1S/C22H29N3O2/c1-24-13-15-25(16-14-24)18-19-9-11-20(12-10-19)23-22(26)8-5-17-27-21-6-3-2-4-7-21/h2-4,6-7,9-12H,5,8,13-18H2,1H3,(H,23,26). The maximum Gasteiger partial charge on any atom is 0.224 e. The van der Waals surface area contributed by atoms with Crippen molar-refractivity contribution in [1.29, 1.82) is 0 Å². The number of para-hydroxylation sites is 1. The lowest BCUT2D eigenvalue weighted by molar-refractivity contribution is -0.116. The first-order valence-electron chi connectivity index (χ1n) is 9.66. The molecule has 0 aromatic heterocycles. The number of hydrogen-bond donors (Lipinski definition) is 1. The first kappa shape index (κ1) is 19.4. The van der Waals surface area contributed by atoms with E-state index < -0.39 is 0 Å². The molecule has 1 amide bonds. The zero-order valence-electron chi connectivity index (χ0n) is 16.1. The largest absolute Gasteiger partial charge is 0.494 e. The van der Waals surface area contributed by atoms with Gasteiger partial charge in [-0.1, -0.05) is 30.3 Å². The van der Waals surface area contributed by atoms with Crippen LogP contribution in [-0.4, -0.2) is 55.5 Å². The average molecular weight is 367 g/mol. The Morgan fingerprint density at radius 3 is 2.41 bits per heavy atom. The summed E-state index contributed by atoms with van der Waals surface area (Å²) in [5.74, 6) is 0.868. The molecule has 1 aliphatic rings. The molecule has 1 fully saturated rings. The van der Waals surface area contributed by atoms with E-state index in [4.69, 9.17) is 4.74 Å². The summed E-state index contributed by atoms with van der Waals surface area (Å²) in [5.41, 5.74) is 2.14. The Balaban J connectivity index is 1.35. The van der Waals surface area contributed by atoms with E-state index in [0.29, 0.717) is 19.4 Å². The van der Waals surface area contributed by atoms with E-state index in [2.05, 4.69) is 34.3 Å². The minimum absolute atomic E-state index is 0.0264. The minimum atomic E-state index is 0.0264. The summed E-state index contributed by atoms with van der Waals surface area (Å²) in [6.07, 6.45) is 1.15. The first-order chi connectivity index (χ1) is 13.2. The van der Waals surface area contributed by atoms with Crippen LogP contribution < -0.4 is 10.1 Å². The van der Waals surface area contributed by atoms with Gasteiger partial charge in [0.2, 0.25) is 5.91 Å². The van der Waals surface area contributed by atoms with Crippen LogP contribution in [0.1, 0.15) is 18.4 Å². The highest BCUT2D eigenvalue weighted by Crippen LogP contribution is 2.14. The predicted octanol–water partition coefficient (Wildman–Crippen LogP) is 3.23. The van der Waals surface area contributed by atoms with E-state index in [1.807, 2.05) is 42.5 Å². The van der Waals surface area contributed by atoms with Crippen molar-refractivity contribution in [3.8, 4) is 5.75 Å². The van der Waals surface area contributed by atoms with Crippen molar-refractivity contribution in [3.05, 3.63) is 60.2 Å². The van der Waals surface area contributed by atoms with Gasteiger partial charge in [-0.3, -0.25) is 9.69 Å². The Bertz CT molecular complexity index is 695. The van der Waals surface area contributed by atoms with Gasteiger partial charge in [0, 0.05) is 44.8 Å². The second kappa shape index (κ2) is 10.1. The van der Waals surface area contributed by atoms with Gasteiger partial charge in [0.15, 0.2) is 0 Å². The zero-order valence-corrected chi connectivity index (χ0v) is 16.1. The maximum atomic E-state index is 12.1. The average Bonchev–Trinajstić information content (AvgIpc) is 2.69. The van der Waals surface area contributed by atoms with Gasteiger partial charge in [0.05, 0.1) is 6.61 Å². The van der Waals surface area contributed by atoms with E-state index in [1.54, 1.807) is 0 Å². The molecule has 0 unspecified atom stereocenters. The SMILES string of the molecule is CN1CCN(Cc2ccc(NC(=O)CCCOc3ccccc3)cc2)CC1. The quantitative estimate of drug-likeness (QED) is 0.728. The summed E-state index contributed by atoms with van der Waals surface area (Å²) < 4.78 is 5.61. The number of benzene rings is 2. The normalized spacial score (nSPS) is 15.4. The minimum Gasteiger partial charge on any atom is -0.494 e. The molecule has 2 aromatic rings. The van der Waals surface area contributed by atoms with Gasteiger partial charge in [-0.05, 0) is 43.3 Å². The Kier molecular flexibility index (Phi) is 7.25. The number of rotatable bonds is 8. The number of ether oxygens (including phenoxy) is 1. The second-order valence-corrected chi connectivity index (χ2v) is 7.09. The number of anilines is 1. The third-order valence-electron chi connectivity index (χ3n) is 4.80. The highest BCUT2D eigenvalue weighted by Gasteiger charge is 2.13. The molecule has 144 valence electrons. The zero-order chi connectivity index (χ0) is 18.9. The van der Waals surface area contributed by atoms with Crippen molar-refractivity contribution in [3.63, 3.8) is 0 Å². The smallest absolute Gasteiger partial charge is 0.224 e. The molecule has 1 aliphatic heterocycles. The molecule has 5 heteroatoms. The fourth-order valence-corrected chi connectivity index (χ4v) is 3.12. The number of carbonyl (C=O) groups is 1. The predicted molar refractivity (Wildman–Crippen MR) is 109 cm³/mol. The van der Waals surface area contributed by atoms with Gasteiger partial charge in [0.1, 0.15) is 5.75 Å². The Morgan fingerprint density at radius 1 is 1.00 bits per heavy atom. The van der Waals surface area contributed by atoms with E-state index in [9.17, 15) is 4.79 Å². The van der Waals surface area contributed by atoms with Gasteiger partial charge in [-0.2, -0.15) is 0 Å². The van der Waals surface area contributed by atoms with Crippen LogP contribution in [0.5, 0.6) is 5.75 Å². The number of carbonyl (C=O) groups excluding carboxylic acids is 1. The Hall–Kier alpha value is -2.37. The van der Waals surface area contributed by atoms with Crippen molar-refractivity contribution in [2.24, 2.45) is 0 Å². The molecule has 27 heavy (non-hydrogen) atoms. The Labute approximate surface area is 161 Å². The fraction of sp³-hybridized carbons (Fsp3) is 0.409. The maximum absolute atomic E-state index is 12.1. The van der Waals surface area contributed by atoms with Crippen molar-refractivity contribution >= 4 is 11.6 Å². The fourth-order valence-electron chi connectivity index (χ4n) is 3.12. The number of nitrogens with zero attached hydrogens (tertiary/aromatic N) is 2. The third kappa shape index (κ3) is 6.70. The van der Waals surface area contributed by atoms with Gasteiger partial charge >= 0.3 is 0 Å². The molecule has 0 bridgehead atoms. The van der Waals surface area contributed by atoms with Crippen LogP contribution in [-0.2, 0) is 11.3 Å². The molecule has 1 saturated heterocycles. The summed E-state index contributed by atoms with van der Waals surface area (Å²) in [6.45, 7) is 5.99. The molecule has 0 saturated carbocycles. The monoisotopic (exact) mass is 367 g/mol. The molecular formula is C22H29N3O2. The number of likely N-dealkylation sites (N-methyl/N-ethyl adjacent to an activating group) is 1. The molecule has 2 aromatic carbocycles. The third-order valence-corrected chi connectivity index (χ3v) is 4.80. The van der Waals surface area contributed by atoms with Gasteiger partial charge in [-0.25, -0.2) is 0 Å². The number of piperazine rings is 1. The van der Waals surface area contributed by atoms with Crippen LogP contribution in [0.2, 0.25) is 0 Å². The van der Waals surface area contributed by atoms with Gasteiger partial charge < -0.3 is 15.0 Å². The molecule has 0 spiro atoms. The van der Waals surface area contributed by atoms with Crippen LogP contribution in [0.25, 0.3) is 0 Å². The summed E-state index contributed by atoms with van der Waals surface area (Å²) in [6, 6.07) is 17.9. The van der Waals surface area contributed by atoms with Crippen molar-refractivity contribution in [1.82, 2.24) is 9.80 Å². The van der Waals surface area contributed by atoms with E-state index in [-0.39, 0.29) is 5.91 Å². The first-order valence-corrected chi connectivity index (χ1v) is 9.66. The van der Waals surface area contributed by atoms with Gasteiger partial charge in [0.25, 0.3) is 0 Å². The summed E-state index contributed by atoms with van der Waals surface area (Å²) >= 11 is 0. The van der Waals surface area contributed by atoms with Crippen molar-refractivity contribution in [2.45, 2.75) is 19.4 Å². The summed E-state index contributed by atoms with van der Waals surface area (Å²) in [5, 5.41) is 2.96. The summed E-state index contributed by atoms with van der Waals surface area (Å²) in [7, 11) is 2.17. The second-order valence-electron chi connectivity index (χ2n) is 7.09. The Morgan fingerprint density at radius 2 is 1.70 bits per heavy atom. The molecule has 0 atom stereocenters. The van der Waals surface area contributed by atoms with Crippen LogP contribution in [0.4, 0.5) is 5.69 Å². The molecule has 1 N–H and O–H groups in total. The summed E-state index contributed by atoms with van der Waals surface area (Å²) in [4.78, 5) is 16.9. The van der Waals surface area contributed by atoms with Crippen molar-refractivity contribution < 1.29 is 9.53 Å². The van der Waals surface area contributed by atoms with Crippen LogP contribution in [0, 0.1) is 0 Å².